The predicted molar refractivity (Wildman–Crippen MR) is 105 cm³/mol. The van der Waals surface area contributed by atoms with E-state index in [9.17, 15) is 26.3 Å². The Labute approximate surface area is 173 Å². The standard InChI is InChI=1S/C23H26F6O/c1-19(2,3)15-7-9-16(10-8-15)21(22(24,25)26,23(27,28)29)17-11-13-18(14-12-17)30-20(4,5)6/h7-14H,1-6H3. The summed E-state index contributed by atoms with van der Waals surface area (Å²) in [5, 5.41) is 0. The van der Waals surface area contributed by atoms with Gasteiger partial charge >= 0.3 is 12.4 Å². The van der Waals surface area contributed by atoms with E-state index in [0.29, 0.717) is 5.56 Å². The first kappa shape index (κ1) is 24.1. The van der Waals surface area contributed by atoms with Crippen molar-refractivity contribution in [2.75, 3.05) is 0 Å². The van der Waals surface area contributed by atoms with Crippen LogP contribution >= 0.6 is 0 Å². The normalized spacial score (nSPS) is 14.0. The van der Waals surface area contributed by atoms with Crippen molar-refractivity contribution in [2.24, 2.45) is 0 Å². The molecule has 0 saturated carbocycles. The number of rotatable bonds is 3. The molecule has 2 aromatic rings. The SMILES string of the molecule is CC(C)(C)Oc1ccc(C(c2ccc(C(C)(C)C)cc2)(C(F)(F)F)C(F)(F)F)cc1. The van der Waals surface area contributed by atoms with Crippen LogP contribution in [0.25, 0.3) is 0 Å². The van der Waals surface area contributed by atoms with E-state index in [1.807, 2.05) is 20.8 Å². The molecule has 0 radical (unpaired) electrons. The summed E-state index contributed by atoms with van der Waals surface area (Å²) < 4.78 is 90.7. The van der Waals surface area contributed by atoms with E-state index in [2.05, 4.69) is 0 Å². The molecule has 0 atom stereocenters. The van der Waals surface area contributed by atoms with Gasteiger partial charge in [-0.25, -0.2) is 0 Å². The highest BCUT2D eigenvalue weighted by Gasteiger charge is 2.72. The highest BCUT2D eigenvalue weighted by Crippen LogP contribution is 2.56. The minimum atomic E-state index is -5.61. The molecule has 30 heavy (non-hydrogen) atoms. The molecule has 0 aliphatic heterocycles. The quantitative estimate of drug-likeness (QED) is 0.455. The maximum atomic E-state index is 14.2. The molecule has 0 spiro atoms. The summed E-state index contributed by atoms with van der Waals surface area (Å²) in [5.41, 5.74) is -6.36. The zero-order valence-electron chi connectivity index (χ0n) is 17.8. The number of alkyl halides is 6. The summed E-state index contributed by atoms with van der Waals surface area (Å²) in [5.74, 6) is 0.188. The lowest BCUT2D eigenvalue weighted by Crippen LogP contribution is -2.54. The van der Waals surface area contributed by atoms with Crippen LogP contribution in [0.3, 0.4) is 0 Å². The Morgan fingerprint density at radius 1 is 0.533 bits per heavy atom. The highest BCUT2D eigenvalue weighted by atomic mass is 19.4. The molecule has 0 aromatic heterocycles. The van der Waals surface area contributed by atoms with Gasteiger partial charge in [0, 0.05) is 0 Å². The van der Waals surface area contributed by atoms with E-state index in [1.54, 1.807) is 20.8 Å². The zero-order chi connectivity index (χ0) is 23.2. The van der Waals surface area contributed by atoms with E-state index in [1.165, 1.54) is 12.1 Å². The van der Waals surface area contributed by atoms with Crippen LogP contribution in [0.1, 0.15) is 58.2 Å². The van der Waals surface area contributed by atoms with Crippen LogP contribution in [0.5, 0.6) is 5.75 Å². The number of hydrogen-bond acceptors (Lipinski definition) is 1. The summed E-state index contributed by atoms with van der Waals surface area (Å²) in [6.07, 6.45) is -11.2. The van der Waals surface area contributed by atoms with Crippen LogP contribution in [0.2, 0.25) is 0 Å². The van der Waals surface area contributed by atoms with Crippen LogP contribution in [-0.2, 0) is 10.8 Å². The predicted octanol–water partition coefficient (Wildman–Crippen LogP) is 7.57. The molecule has 0 fully saturated rings. The molecule has 0 aliphatic rings. The average Bonchev–Trinajstić information content (AvgIpc) is 2.52. The molecule has 0 saturated heterocycles. The van der Waals surface area contributed by atoms with Gasteiger partial charge in [0.15, 0.2) is 0 Å². The number of ether oxygens (including phenoxy) is 1. The monoisotopic (exact) mass is 432 g/mol. The summed E-state index contributed by atoms with van der Waals surface area (Å²) in [4.78, 5) is 0. The number of hydrogen-bond donors (Lipinski definition) is 0. The van der Waals surface area contributed by atoms with Crippen molar-refractivity contribution < 1.29 is 31.1 Å². The van der Waals surface area contributed by atoms with Crippen LogP contribution in [0.4, 0.5) is 26.3 Å². The van der Waals surface area contributed by atoms with Gasteiger partial charge < -0.3 is 4.74 Å². The van der Waals surface area contributed by atoms with Crippen LogP contribution in [0, 0.1) is 0 Å². The smallest absolute Gasteiger partial charge is 0.411 e. The van der Waals surface area contributed by atoms with Gasteiger partial charge in [-0.05, 0) is 55.0 Å². The van der Waals surface area contributed by atoms with Crippen molar-refractivity contribution in [3.63, 3.8) is 0 Å². The van der Waals surface area contributed by atoms with Gasteiger partial charge in [0.25, 0.3) is 0 Å². The van der Waals surface area contributed by atoms with E-state index in [-0.39, 0.29) is 5.75 Å². The number of halogens is 6. The molecule has 7 heteroatoms. The van der Waals surface area contributed by atoms with Crippen LogP contribution in [-0.4, -0.2) is 18.0 Å². The minimum absolute atomic E-state index is 0.188. The fourth-order valence-corrected chi connectivity index (χ4v) is 3.33. The van der Waals surface area contributed by atoms with Crippen molar-refractivity contribution in [1.29, 1.82) is 0 Å². The molecule has 0 N–H and O–H groups in total. The molecule has 0 unspecified atom stereocenters. The molecule has 166 valence electrons. The second-order valence-corrected chi connectivity index (χ2v) is 9.31. The highest BCUT2D eigenvalue weighted by molar-refractivity contribution is 5.47. The summed E-state index contributed by atoms with van der Waals surface area (Å²) in [6, 6.07) is 8.41. The van der Waals surface area contributed by atoms with Crippen molar-refractivity contribution in [1.82, 2.24) is 0 Å². The lowest BCUT2D eigenvalue weighted by molar-refractivity contribution is -0.288. The molecule has 2 rings (SSSR count). The van der Waals surface area contributed by atoms with Crippen molar-refractivity contribution in [3.05, 3.63) is 65.2 Å². The molecule has 0 heterocycles. The van der Waals surface area contributed by atoms with Crippen molar-refractivity contribution in [3.8, 4) is 5.75 Å². The molecule has 2 aromatic carbocycles. The Kier molecular flexibility index (Phi) is 6.02. The third-order valence-corrected chi connectivity index (χ3v) is 4.75. The number of benzene rings is 2. The third-order valence-electron chi connectivity index (χ3n) is 4.75. The van der Waals surface area contributed by atoms with Gasteiger partial charge in [-0.2, -0.15) is 26.3 Å². The van der Waals surface area contributed by atoms with Gasteiger partial charge in [0.2, 0.25) is 5.41 Å². The molecule has 0 bridgehead atoms. The van der Waals surface area contributed by atoms with Crippen LogP contribution in [0.15, 0.2) is 48.5 Å². The first-order valence-corrected chi connectivity index (χ1v) is 9.43. The van der Waals surface area contributed by atoms with Crippen molar-refractivity contribution >= 4 is 0 Å². The topological polar surface area (TPSA) is 9.23 Å². The molecule has 0 aliphatic carbocycles. The van der Waals surface area contributed by atoms with E-state index < -0.39 is 39.9 Å². The second kappa shape index (κ2) is 7.50. The fraction of sp³-hybridized carbons (Fsp3) is 0.478. The van der Waals surface area contributed by atoms with Gasteiger partial charge in [-0.3, -0.25) is 0 Å². The Morgan fingerprint density at radius 3 is 1.17 bits per heavy atom. The van der Waals surface area contributed by atoms with Gasteiger partial charge in [0.05, 0.1) is 0 Å². The Balaban J connectivity index is 2.72. The maximum Gasteiger partial charge on any atom is 0.411 e. The lowest BCUT2D eigenvalue weighted by Gasteiger charge is -2.38. The summed E-state index contributed by atoms with van der Waals surface area (Å²) in [6.45, 7) is 10.7. The first-order valence-electron chi connectivity index (χ1n) is 9.43. The van der Waals surface area contributed by atoms with E-state index in [0.717, 1.165) is 36.4 Å². The lowest BCUT2D eigenvalue weighted by atomic mass is 9.72. The molecule has 0 amide bonds. The Morgan fingerprint density at radius 2 is 0.867 bits per heavy atom. The van der Waals surface area contributed by atoms with Crippen LogP contribution < -0.4 is 4.74 Å². The average molecular weight is 432 g/mol. The van der Waals surface area contributed by atoms with Gasteiger partial charge in [-0.1, -0.05) is 57.2 Å². The molecular formula is C23H26F6O. The zero-order valence-corrected chi connectivity index (χ0v) is 17.8. The van der Waals surface area contributed by atoms with Gasteiger partial charge in [0.1, 0.15) is 11.4 Å². The summed E-state index contributed by atoms with van der Waals surface area (Å²) >= 11 is 0. The Bertz CT molecular complexity index is 834. The molecular weight excluding hydrogens is 406 g/mol. The fourth-order valence-electron chi connectivity index (χ4n) is 3.33. The maximum absolute atomic E-state index is 14.2. The largest absolute Gasteiger partial charge is 0.488 e. The minimum Gasteiger partial charge on any atom is -0.488 e. The third kappa shape index (κ3) is 4.60. The first-order chi connectivity index (χ1) is 13.4. The second-order valence-electron chi connectivity index (χ2n) is 9.31. The van der Waals surface area contributed by atoms with Gasteiger partial charge in [-0.15, -0.1) is 0 Å². The Hall–Kier alpha value is -2.18. The van der Waals surface area contributed by atoms with E-state index in [4.69, 9.17) is 4.74 Å². The summed E-state index contributed by atoms with van der Waals surface area (Å²) in [7, 11) is 0. The van der Waals surface area contributed by atoms with E-state index >= 15 is 0 Å². The molecule has 1 nitrogen and oxygen atoms in total. The van der Waals surface area contributed by atoms with Crippen molar-refractivity contribution in [2.45, 2.75) is 70.3 Å².